The lowest BCUT2D eigenvalue weighted by Gasteiger charge is -2.21. The molecular formula is C24H26Cl2F2N2O4SSi. The van der Waals surface area contributed by atoms with E-state index in [9.17, 15) is 22.0 Å². The Bertz CT molecular complexity index is 1340. The molecule has 0 fully saturated rings. The van der Waals surface area contributed by atoms with Crippen molar-refractivity contribution in [1.29, 1.82) is 0 Å². The topological polar surface area (TPSA) is 78.3 Å². The number of halogens is 4. The second kappa shape index (κ2) is 11.1. The Morgan fingerprint density at radius 3 is 2.00 bits per heavy atom. The van der Waals surface area contributed by atoms with Crippen LogP contribution in [0.5, 0.6) is 0 Å². The molecule has 1 aromatic heterocycles. The van der Waals surface area contributed by atoms with Crippen molar-refractivity contribution in [3.8, 4) is 0 Å². The van der Waals surface area contributed by atoms with E-state index in [1.54, 1.807) is 0 Å². The lowest BCUT2D eigenvalue weighted by molar-refractivity contribution is 0.0812. The molecule has 2 aromatic carbocycles. The summed E-state index contributed by atoms with van der Waals surface area (Å²) in [5, 5.41) is -0.768. The van der Waals surface area contributed by atoms with Crippen molar-refractivity contribution in [3.05, 3.63) is 80.7 Å². The Labute approximate surface area is 220 Å². The predicted molar refractivity (Wildman–Crippen MR) is 139 cm³/mol. The van der Waals surface area contributed by atoms with Crippen LogP contribution in [0.1, 0.15) is 33.4 Å². The maximum absolute atomic E-state index is 14.0. The van der Waals surface area contributed by atoms with Gasteiger partial charge in [-0.15, -0.1) is 0 Å². The highest BCUT2D eigenvalue weighted by molar-refractivity contribution is 7.90. The number of aldehydes is 1. The molecule has 0 unspecified atom stereocenters. The van der Waals surface area contributed by atoms with Gasteiger partial charge in [-0.3, -0.25) is 9.36 Å². The molecule has 0 saturated carbocycles. The van der Waals surface area contributed by atoms with E-state index >= 15 is 0 Å². The minimum absolute atomic E-state index is 0.121. The average molecular weight is 576 g/mol. The number of nitrogens with zero attached hydrogens (tertiary/aromatic N) is 2. The molecule has 0 aliphatic carbocycles. The number of imidazole rings is 1. The second-order valence-electron chi connectivity index (χ2n) is 9.61. The maximum atomic E-state index is 14.0. The average Bonchev–Trinajstić information content (AvgIpc) is 3.14. The molecule has 0 aliphatic rings. The van der Waals surface area contributed by atoms with Gasteiger partial charge in [-0.2, -0.15) is 0 Å². The van der Waals surface area contributed by atoms with Crippen molar-refractivity contribution in [1.82, 2.24) is 9.55 Å². The Balaban J connectivity index is 2.25. The molecule has 6 nitrogen and oxygen atoms in total. The van der Waals surface area contributed by atoms with Gasteiger partial charge >= 0.3 is 0 Å². The molecule has 0 saturated heterocycles. The van der Waals surface area contributed by atoms with Crippen LogP contribution in [-0.2, 0) is 21.3 Å². The van der Waals surface area contributed by atoms with Crippen molar-refractivity contribution < 1.29 is 26.7 Å². The van der Waals surface area contributed by atoms with Crippen molar-refractivity contribution >= 4 is 47.4 Å². The largest absolute Gasteiger partial charge is 0.361 e. The molecule has 0 N–H and O–H groups in total. The van der Waals surface area contributed by atoms with Gasteiger partial charge < -0.3 is 4.74 Å². The number of rotatable bonds is 10. The second-order valence-corrected chi connectivity index (χ2v) is 18.0. The summed E-state index contributed by atoms with van der Waals surface area (Å²) in [5.41, 5.74) is 0.664. The van der Waals surface area contributed by atoms with E-state index in [4.69, 9.17) is 27.9 Å². The van der Waals surface area contributed by atoms with Crippen LogP contribution in [0, 0.1) is 11.6 Å². The first-order chi connectivity index (χ1) is 16.7. The monoisotopic (exact) mass is 574 g/mol. The first-order valence-electron chi connectivity index (χ1n) is 11.0. The summed E-state index contributed by atoms with van der Waals surface area (Å²) in [6.07, 6.45) is 1.35. The molecule has 1 heterocycles. The number of carbonyl (C=O) groups is 1. The van der Waals surface area contributed by atoms with Crippen LogP contribution < -0.4 is 0 Å². The van der Waals surface area contributed by atoms with E-state index in [1.807, 2.05) is 0 Å². The minimum Gasteiger partial charge on any atom is -0.361 e. The van der Waals surface area contributed by atoms with Gasteiger partial charge in [0.15, 0.2) is 21.1 Å². The third-order valence-corrected chi connectivity index (χ3v) is 8.78. The lowest BCUT2D eigenvalue weighted by Crippen LogP contribution is -2.23. The summed E-state index contributed by atoms with van der Waals surface area (Å²) in [5.74, 6) is -2.06. The summed E-state index contributed by atoms with van der Waals surface area (Å²) in [4.78, 5) is 16.4. The summed E-state index contributed by atoms with van der Waals surface area (Å²) in [7, 11) is -5.33. The van der Waals surface area contributed by atoms with Gasteiger partial charge in [0.1, 0.15) is 29.9 Å². The number of sulfone groups is 1. The lowest BCUT2D eigenvalue weighted by atomic mass is 9.90. The van der Waals surface area contributed by atoms with Crippen molar-refractivity contribution in [2.75, 3.05) is 12.9 Å². The van der Waals surface area contributed by atoms with Gasteiger partial charge in [-0.05, 0) is 41.4 Å². The van der Waals surface area contributed by atoms with Gasteiger partial charge in [0.25, 0.3) is 0 Å². The quantitative estimate of drug-likeness (QED) is 0.164. The van der Waals surface area contributed by atoms with E-state index in [2.05, 4.69) is 24.6 Å². The highest BCUT2D eigenvalue weighted by Gasteiger charge is 2.31. The Morgan fingerprint density at radius 2 is 1.58 bits per heavy atom. The number of carbonyl (C=O) groups excluding carboxylic acids is 1. The first kappa shape index (κ1) is 28.5. The van der Waals surface area contributed by atoms with Crippen LogP contribution in [0.15, 0.2) is 41.4 Å². The number of hydrogen-bond acceptors (Lipinski definition) is 5. The van der Waals surface area contributed by atoms with E-state index in [1.165, 1.54) is 28.8 Å². The molecular weight excluding hydrogens is 549 g/mol. The van der Waals surface area contributed by atoms with E-state index in [-0.39, 0.29) is 28.3 Å². The number of benzene rings is 2. The van der Waals surface area contributed by atoms with Gasteiger partial charge in [0.05, 0.1) is 16.0 Å². The molecule has 0 spiro atoms. The molecule has 36 heavy (non-hydrogen) atoms. The number of ether oxygens (including phenoxy) is 1. The normalized spacial score (nSPS) is 12.4. The fourth-order valence-electron chi connectivity index (χ4n) is 3.61. The van der Waals surface area contributed by atoms with E-state index < -0.39 is 40.5 Å². The number of hydrogen-bond donors (Lipinski definition) is 0. The van der Waals surface area contributed by atoms with Crippen LogP contribution in [0.25, 0.3) is 0 Å². The van der Waals surface area contributed by atoms with Crippen LogP contribution in [0.2, 0.25) is 35.7 Å². The van der Waals surface area contributed by atoms with Crippen molar-refractivity contribution in [2.24, 2.45) is 0 Å². The highest BCUT2D eigenvalue weighted by Crippen LogP contribution is 2.36. The van der Waals surface area contributed by atoms with Gasteiger partial charge in [-0.1, -0.05) is 55.0 Å². The fraction of sp³-hybridized carbons (Fsp3) is 0.333. The van der Waals surface area contributed by atoms with Crippen LogP contribution in [0.4, 0.5) is 8.78 Å². The summed E-state index contributed by atoms with van der Waals surface area (Å²) < 4.78 is 60.2. The molecule has 0 atom stereocenters. The van der Waals surface area contributed by atoms with Crippen LogP contribution >= 0.6 is 23.2 Å². The molecule has 0 radical (unpaired) electrons. The molecule has 0 amide bonds. The SMILES string of the molecule is C[Si](C)(C)CCOCn1c(C(c2ccc(F)c(Cl)c2)c2ccc(F)c(Cl)c2)nc(S(C)(=O)=O)c1C=O. The van der Waals surface area contributed by atoms with Crippen LogP contribution in [-0.4, -0.2) is 45.2 Å². The minimum atomic E-state index is -3.91. The summed E-state index contributed by atoms with van der Waals surface area (Å²) in [6, 6.07) is 8.80. The van der Waals surface area contributed by atoms with Gasteiger partial charge in [0, 0.05) is 20.9 Å². The standard InChI is InChI=1S/C24H26Cl2F2N2O4SSi/c1-35(32,33)24-21(13-31)30(14-34-9-10-36(2,3)4)23(29-24)22(15-5-7-19(27)17(25)11-15)16-6-8-20(28)18(26)12-16/h5-8,11-13,22H,9-10,14H2,1-4H3. The smallest absolute Gasteiger partial charge is 0.195 e. The summed E-state index contributed by atoms with van der Waals surface area (Å²) in [6.45, 7) is 6.80. The Hall–Kier alpha value is -2.11. The van der Waals surface area contributed by atoms with Gasteiger partial charge in [0.2, 0.25) is 0 Å². The molecule has 194 valence electrons. The summed E-state index contributed by atoms with van der Waals surface area (Å²) >= 11 is 12.1. The molecule has 3 rings (SSSR count). The zero-order chi connectivity index (χ0) is 26.8. The van der Waals surface area contributed by atoms with Crippen molar-refractivity contribution in [3.63, 3.8) is 0 Å². The highest BCUT2D eigenvalue weighted by atomic mass is 35.5. The zero-order valence-corrected chi connectivity index (χ0v) is 23.5. The van der Waals surface area contributed by atoms with Gasteiger partial charge in [-0.25, -0.2) is 22.2 Å². The molecule has 0 bridgehead atoms. The fourth-order valence-corrected chi connectivity index (χ4v) is 5.54. The Morgan fingerprint density at radius 1 is 1.06 bits per heavy atom. The molecule has 12 heteroatoms. The van der Waals surface area contributed by atoms with Crippen LogP contribution in [0.3, 0.4) is 0 Å². The number of aromatic nitrogens is 2. The molecule has 3 aromatic rings. The van der Waals surface area contributed by atoms with E-state index in [0.29, 0.717) is 24.0 Å². The first-order valence-corrected chi connectivity index (χ1v) is 17.3. The zero-order valence-electron chi connectivity index (χ0n) is 20.2. The third kappa shape index (κ3) is 6.60. The van der Waals surface area contributed by atoms with Crippen molar-refractivity contribution in [2.45, 2.75) is 43.4 Å². The molecule has 0 aliphatic heterocycles. The predicted octanol–water partition coefficient (Wildman–Crippen LogP) is 6.18. The third-order valence-electron chi connectivity index (χ3n) is 5.49. The maximum Gasteiger partial charge on any atom is 0.195 e. The Kier molecular flexibility index (Phi) is 8.77. The van der Waals surface area contributed by atoms with E-state index in [0.717, 1.165) is 24.4 Å².